The van der Waals surface area contributed by atoms with Crippen molar-refractivity contribution in [3.63, 3.8) is 0 Å². The SMILES string of the molecule is CC(C)(C)NS(=O)(=O)c1ccccc1-c1cccc(C=O)c1[N+](=O)[O-]. The van der Waals surface area contributed by atoms with Crippen LogP contribution in [0, 0.1) is 10.1 Å². The van der Waals surface area contributed by atoms with Crippen LogP contribution in [0.15, 0.2) is 47.4 Å². The normalized spacial score (nSPS) is 12.0. The average Bonchev–Trinajstić information content (AvgIpc) is 2.51. The molecule has 25 heavy (non-hydrogen) atoms. The number of nitro benzene ring substituents is 1. The van der Waals surface area contributed by atoms with Crippen molar-refractivity contribution < 1.29 is 18.1 Å². The Kier molecular flexibility index (Phi) is 5.05. The van der Waals surface area contributed by atoms with Gasteiger partial charge in [0.1, 0.15) is 0 Å². The standard InChI is InChI=1S/C17H18N2O5S/c1-17(2,3)18-25(23,24)15-10-5-4-8-13(15)14-9-6-7-12(11-20)16(14)19(21)22/h4-11,18H,1-3H3. The maximum Gasteiger partial charge on any atom is 0.287 e. The van der Waals surface area contributed by atoms with Gasteiger partial charge in [0.15, 0.2) is 6.29 Å². The highest BCUT2D eigenvalue weighted by Crippen LogP contribution is 2.36. The molecule has 0 radical (unpaired) electrons. The molecule has 8 heteroatoms. The molecule has 0 aliphatic rings. The smallest absolute Gasteiger partial charge is 0.287 e. The molecule has 0 aliphatic heterocycles. The Morgan fingerprint density at radius 3 is 2.20 bits per heavy atom. The fourth-order valence-electron chi connectivity index (χ4n) is 2.46. The van der Waals surface area contributed by atoms with E-state index in [1.165, 1.54) is 36.4 Å². The van der Waals surface area contributed by atoms with Crippen LogP contribution in [0.3, 0.4) is 0 Å². The average molecular weight is 362 g/mol. The van der Waals surface area contributed by atoms with E-state index >= 15 is 0 Å². The van der Waals surface area contributed by atoms with Crippen molar-refractivity contribution in [1.82, 2.24) is 4.72 Å². The van der Waals surface area contributed by atoms with Crippen LogP contribution >= 0.6 is 0 Å². The highest BCUT2D eigenvalue weighted by atomic mass is 32.2. The van der Waals surface area contributed by atoms with Gasteiger partial charge in [-0.2, -0.15) is 0 Å². The Morgan fingerprint density at radius 1 is 1.04 bits per heavy atom. The van der Waals surface area contributed by atoms with Crippen molar-refractivity contribution in [1.29, 1.82) is 0 Å². The molecule has 0 heterocycles. The van der Waals surface area contributed by atoms with Gasteiger partial charge in [-0.15, -0.1) is 0 Å². The summed E-state index contributed by atoms with van der Waals surface area (Å²) in [6, 6.07) is 10.2. The zero-order valence-corrected chi connectivity index (χ0v) is 14.8. The number of nitro groups is 1. The van der Waals surface area contributed by atoms with Gasteiger partial charge in [-0.05, 0) is 39.0 Å². The number of nitrogens with one attached hydrogen (secondary N) is 1. The van der Waals surface area contributed by atoms with Crippen LogP contribution in [-0.4, -0.2) is 25.2 Å². The van der Waals surface area contributed by atoms with E-state index in [-0.39, 0.29) is 21.6 Å². The molecule has 2 aromatic rings. The summed E-state index contributed by atoms with van der Waals surface area (Å²) < 4.78 is 28.0. The van der Waals surface area contributed by atoms with Crippen LogP contribution in [0.2, 0.25) is 0 Å². The first-order valence-corrected chi connectivity index (χ1v) is 8.91. The summed E-state index contributed by atoms with van der Waals surface area (Å²) in [7, 11) is -3.92. The second-order valence-corrected chi connectivity index (χ2v) is 8.12. The van der Waals surface area contributed by atoms with Crippen LogP contribution in [0.5, 0.6) is 0 Å². The second kappa shape index (κ2) is 6.73. The fourth-order valence-corrected chi connectivity index (χ4v) is 4.10. The van der Waals surface area contributed by atoms with Crippen molar-refractivity contribution in [3.05, 3.63) is 58.1 Å². The Labute approximate surface area is 145 Å². The molecule has 0 amide bonds. The maximum atomic E-state index is 12.7. The Bertz CT molecular complexity index is 930. The molecule has 0 unspecified atom stereocenters. The van der Waals surface area contributed by atoms with Crippen molar-refractivity contribution in [2.75, 3.05) is 0 Å². The number of sulfonamides is 1. The van der Waals surface area contributed by atoms with E-state index in [9.17, 15) is 23.3 Å². The maximum absolute atomic E-state index is 12.7. The van der Waals surface area contributed by atoms with Crippen molar-refractivity contribution >= 4 is 22.0 Å². The molecule has 2 aromatic carbocycles. The number of para-hydroxylation sites is 1. The van der Waals surface area contributed by atoms with Crippen LogP contribution in [0.1, 0.15) is 31.1 Å². The van der Waals surface area contributed by atoms with Crippen molar-refractivity contribution in [2.24, 2.45) is 0 Å². The molecule has 0 atom stereocenters. The summed E-state index contributed by atoms with van der Waals surface area (Å²) in [4.78, 5) is 21.8. The number of carbonyl (C=O) groups excluding carboxylic acids is 1. The van der Waals surface area contributed by atoms with E-state index in [4.69, 9.17) is 0 Å². The number of nitrogens with zero attached hydrogens (tertiary/aromatic N) is 1. The first-order chi connectivity index (χ1) is 11.6. The molecule has 0 saturated carbocycles. The number of rotatable bonds is 5. The van der Waals surface area contributed by atoms with E-state index < -0.39 is 26.2 Å². The largest absolute Gasteiger partial charge is 0.298 e. The first-order valence-electron chi connectivity index (χ1n) is 7.43. The summed E-state index contributed by atoms with van der Waals surface area (Å²) in [6.45, 7) is 5.09. The van der Waals surface area contributed by atoms with E-state index in [0.29, 0.717) is 6.29 Å². The molecular weight excluding hydrogens is 344 g/mol. The summed E-state index contributed by atoms with van der Waals surface area (Å²) >= 11 is 0. The third-order valence-corrected chi connectivity index (χ3v) is 5.10. The number of carbonyl (C=O) groups is 1. The molecule has 0 bridgehead atoms. The summed E-state index contributed by atoms with van der Waals surface area (Å²) in [5.41, 5.74) is -1.02. The number of hydrogen-bond donors (Lipinski definition) is 1. The third kappa shape index (κ3) is 4.09. The van der Waals surface area contributed by atoms with Gasteiger partial charge < -0.3 is 0 Å². The van der Waals surface area contributed by atoms with Crippen LogP contribution < -0.4 is 4.72 Å². The lowest BCUT2D eigenvalue weighted by Crippen LogP contribution is -2.40. The monoisotopic (exact) mass is 362 g/mol. The molecule has 132 valence electrons. The number of hydrogen-bond acceptors (Lipinski definition) is 5. The quantitative estimate of drug-likeness (QED) is 0.499. The third-order valence-electron chi connectivity index (χ3n) is 3.28. The van der Waals surface area contributed by atoms with Gasteiger partial charge >= 0.3 is 0 Å². The molecule has 2 rings (SSSR count). The summed E-state index contributed by atoms with van der Waals surface area (Å²) in [6.07, 6.45) is 0.381. The number of benzene rings is 2. The number of aldehydes is 1. The van der Waals surface area contributed by atoms with E-state index in [1.54, 1.807) is 26.8 Å². The summed E-state index contributed by atoms with van der Waals surface area (Å²) in [5.74, 6) is 0. The first kappa shape index (κ1) is 18.8. The van der Waals surface area contributed by atoms with Gasteiger partial charge in [-0.1, -0.05) is 24.3 Å². The highest BCUT2D eigenvalue weighted by molar-refractivity contribution is 7.89. The van der Waals surface area contributed by atoms with Gasteiger partial charge in [0, 0.05) is 11.1 Å². The lowest BCUT2D eigenvalue weighted by Gasteiger charge is -2.21. The molecule has 7 nitrogen and oxygen atoms in total. The molecular formula is C17H18N2O5S. The van der Waals surface area contributed by atoms with Crippen molar-refractivity contribution in [3.8, 4) is 11.1 Å². The fraction of sp³-hybridized carbons (Fsp3) is 0.235. The Balaban J connectivity index is 2.76. The molecule has 0 aromatic heterocycles. The van der Waals surface area contributed by atoms with Gasteiger partial charge in [0.25, 0.3) is 5.69 Å². The molecule has 0 saturated heterocycles. The van der Waals surface area contributed by atoms with Crippen LogP contribution in [-0.2, 0) is 10.0 Å². The van der Waals surface area contributed by atoms with Gasteiger partial charge in [-0.25, -0.2) is 13.1 Å². The van der Waals surface area contributed by atoms with E-state index in [2.05, 4.69) is 4.72 Å². The molecule has 1 N–H and O–H groups in total. The minimum absolute atomic E-state index is 0.0736. The van der Waals surface area contributed by atoms with Gasteiger partial charge in [0.05, 0.1) is 20.9 Å². The lowest BCUT2D eigenvalue weighted by atomic mass is 10.0. The van der Waals surface area contributed by atoms with E-state index in [1.807, 2.05) is 0 Å². The molecule has 0 spiro atoms. The zero-order valence-electron chi connectivity index (χ0n) is 14.0. The predicted octanol–water partition coefficient (Wildman–Crippen LogP) is 3.15. The summed E-state index contributed by atoms with van der Waals surface area (Å²) in [5, 5.41) is 11.4. The molecule has 0 fully saturated rings. The lowest BCUT2D eigenvalue weighted by molar-refractivity contribution is -0.384. The zero-order chi connectivity index (χ0) is 18.8. The minimum atomic E-state index is -3.92. The highest BCUT2D eigenvalue weighted by Gasteiger charge is 2.28. The molecule has 0 aliphatic carbocycles. The van der Waals surface area contributed by atoms with Gasteiger partial charge in [-0.3, -0.25) is 14.9 Å². The van der Waals surface area contributed by atoms with E-state index in [0.717, 1.165) is 0 Å². The minimum Gasteiger partial charge on any atom is -0.298 e. The van der Waals surface area contributed by atoms with Crippen LogP contribution in [0.4, 0.5) is 5.69 Å². The van der Waals surface area contributed by atoms with Crippen molar-refractivity contribution in [2.45, 2.75) is 31.2 Å². The second-order valence-electron chi connectivity index (χ2n) is 6.47. The van der Waals surface area contributed by atoms with Crippen LogP contribution in [0.25, 0.3) is 11.1 Å². The predicted molar refractivity (Wildman–Crippen MR) is 94.0 cm³/mol. The van der Waals surface area contributed by atoms with Gasteiger partial charge in [0.2, 0.25) is 10.0 Å². The Morgan fingerprint density at radius 2 is 1.64 bits per heavy atom. The topological polar surface area (TPSA) is 106 Å². The Hall–Kier alpha value is -2.58.